The van der Waals surface area contributed by atoms with E-state index in [1.807, 2.05) is 30.3 Å². The van der Waals surface area contributed by atoms with Crippen LogP contribution in [0.25, 0.3) is 0 Å². The summed E-state index contributed by atoms with van der Waals surface area (Å²) in [4.78, 5) is 24.0. The van der Waals surface area contributed by atoms with Gasteiger partial charge in [-0.05, 0) is 18.4 Å². The second-order valence-corrected chi connectivity index (χ2v) is 5.38. The smallest absolute Gasteiger partial charge is 0.409 e. The second-order valence-electron chi connectivity index (χ2n) is 5.38. The Labute approximate surface area is 118 Å². The van der Waals surface area contributed by atoms with Crippen molar-refractivity contribution in [1.29, 1.82) is 0 Å². The van der Waals surface area contributed by atoms with Gasteiger partial charge in [-0.15, -0.1) is 0 Å². The monoisotopic (exact) mass is 277 g/mol. The molecule has 0 aromatic heterocycles. The lowest BCUT2D eigenvalue weighted by atomic mass is 9.90. The maximum Gasteiger partial charge on any atom is 0.409 e. The molecule has 1 aromatic rings. The van der Waals surface area contributed by atoms with Crippen molar-refractivity contribution in [2.45, 2.75) is 18.3 Å². The molecule has 2 rings (SSSR count). The molecule has 0 heterocycles. The minimum atomic E-state index is -0.784. The molecule has 108 valence electrons. The van der Waals surface area contributed by atoms with Gasteiger partial charge in [-0.2, -0.15) is 0 Å². The molecule has 5 nitrogen and oxygen atoms in total. The van der Waals surface area contributed by atoms with Crippen molar-refractivity contribution >= 4 is 12.1 Å². The summed E-state index contributed by atoms with van der Waals surface area (Å²) >= 11 is 0. The van der Waals surface area contributed by atoms with Crippen LogP contribution in [0.15, 0.2) is 30.3 Å². The van der Waals surface area contributed by atoms with Gasteiger partial charge in [0.05, 0.1) is 12.5 Å². The number of benzene rings is 1. The number of aliphatic carboxylic acids is 1. The number of carboxylic acid groups (broad SMARTS) is 1. The zero-order chi connectivity index (χ0) is 14.8. The van der Waals surface area contributed by atoms with E-state index in [0.29, 0.717) is 12.8 Å². The standard InChI is InChI=1S/C15H19NO4/c1-16(2)14(19)20-9-8-15(10-12(15)13(17)18)11-6-4-3-5-7-11/h3-7,12H,8-10H2,1-2H3,(H,17,18). The zero-order valence-corrected chi connectivity index (χ0v) is 11.7. The molecule has 0 aliphatic heterocycles. The van der Waals surface area contributed by atoms with Gasteiger partial charge in [-0.25, -0.2) is 4.79 Å². The zero-order valence-electron chi connectivity index (χ0n) is 11.7. The van der Waals surface area contributed by atoms with E-state index in [9.17, 15) is 14.7 Å². The lowest BCUT2D eigenvalue weighted by molar-refractivity contribution is -0.139. The van der Waals surface area contributed by atoms with E-state index in [1.165, 1.54) is 4.90 Å². The van der Waals surface area contributed by atoms with Gasteiger partial charge in [0.1, 0.15) is 0 Å². The van der Waals surface area contributed by atoms with E-state index in [0.717, 1.165) is 5.56 Å². The minimum absolute atomic E-state index is 0.232. The van der Waals surface area contributed by atoms with Gasteiger partial charge in [-0.3, -0.25) is 4.79 Å². The summed E-state index contributed by atoms with van der Waals surface area (Å²) in [5, 5.41) is 9.23. The summed E-state index contributed by atoms with van der Waals surface area (Å²) < 4.78 is 5.12. The van der Waals surface area contributed by atoms with Crippen molar-refractivity contribution in [3.05, 3.63) is 35.9 Å². The van der Waals surface area contributed by atoms with Crippen molar-refractivity contribution in [3.8, 4) is 0 Å². The molecule has 1 aromatic carbocycles. The Balaban J connectivity index is 2.04. The van der Waals surface area contributed by atoms with E-state index in [2.05, 4.69) is 0 Å². The van der Waals surface area contributed by atoms with Crippen LogP contribution in [0.2, 0.25) is 0 Å². The van der Waals surface area contributed by atoms with Crippen molar-refractivity contribution < 1.29 is 19.4 Å². The Morgan fingerprint density at radius 1 is 1.35 bits per heavy atom. The Morgan fingerprint density at radius 3 is 2.50 bits per heavy atom. The number of carboxylic acids is 1. The van der Waals surface area contributed by atoms with Crippen LogP contribution in [0.1, 0.15) is 18.4 Å². The molecule has 1 N–H and O–H groups in total. The number of hydrogen-bond donors (Lipinski definition) is 1. The van der Waals surface area contributed by atoms with Crippen molar-refractivity contribution in [3.63, 3.8) is 0 Å². The van der Waals surface area contributed by atoms with Crippen LogP contribution >= 0.6 is 0 Å². The molecular weight excluding hydrogens is 258 g/mol. The average molecular weight is 277 g/mol. The predicted molar refractivity (Wildman–Crippen MR) is 73.5 cm³/mol. The summed E-state index contributed by atoms with van der Waals surface area (Å²) in [5.41, 5.74) is 0.618. The number of amides is 1. The molecule has 0 spiro atoms. The van der Waals surface area contributed by atoms with Crippen LogP contribution in [0.4, 0.5) is 4.79 Å². The van der Waals surface area contributed by atoms with Gasteiger partial charge in [0.15, 0.2) is 0 Å². The summed E-state index contributed by atoms with van der Waals surface area (Å²) in [6, 6.07) is 9.59. The van der Waals surface area contributed by atoms with E-state index >= 15 is 0 Å². The SMILES string of the molecule is CN(C)C(=O)OCCC1(c2ccccc2)CC1C(=O)O. The molecule has 2 atom stereocenters. The van der Waals surface area contributed by atoms with Gasteiger partial charge in [0.25, 0.3) is 0 Å². The van der Waals surface area contributed by atoms with Gasteiger partial charge < -0.3 is 14.7 Å². The molecule has 0 radical (unpaired) electrons. The highest BCUT2D eigenvalue weighted by atomic mass is 16.6. The molecular formula is C15H19NO4. The van der Waals surface area contributed by atoms with Crippen LogP contribution in [0.5, 0.6) is 0 Å². The quantitative estimate of drug-likeness (QED) is 0.895. The maximum atomic E-state index is 11.4. The summed E-state index contributed by atoms with van der Waals surface area (Å²) in [7, 11) is 3.24. The van der Waals surface area contributed by atoms with E-state index in [-0.39, 0.29) is 17.9 Å². The Hall–Kier alpha value is -2.04. The molecule has 1 saturated carbocycles. The average Bonchev–Trinajstić information content (AvgIpc) is 3.16. The van der Waals surface area contributed by atoms with Crippen LogP contribution in [-0.4, -0.2) is 42.8 Å². The number of nitrogens with zero attached hydrogens (tertiary/aromatic N) is 1. The highest BCUT2D eigenvalue weighted by Crippen LogP contribution is 2.56. The lowest BCUT2D eigenvalue weighted by Gasteiger charge is -2.18. The van der Waals surface area contributed by atoms with Gasteiger partial charge in [-0.1, -0.05) is 30.3 Å². The molecule has 5 heteroatoms. The maximum absolute atomic E-state index is 11.4. The first-order chi connectivity index (χ1) is 9.47. The Morgan fingerprint density at radius 2 is 2.00 bits per heavy atom. The topological polar surface area (TPSA) is 66.8 Å². The molecule has 1 aliphatic carbocycles. The fourth-order valence-electron chi connectivity index (χ4n) is 2.59. The first-order valence-electron chi connectivity index (χ1n) is 6.60. The van der Waals surface area contributed by atoms with Gasteiger partial charge in [0.2, 0.25) is 0 Å². The Kier molecular flexibility index (Phi) is 3.97. The van der Waals surface area contributed by atoms with Crippen LogP contribution in [0.3, 0.4) is 0 Å². The third-order valence-electron chi connectivity index (χ3n) is 3.86. The van der Waals surface area contributed by atoms with Gasteiger partial charge in [0, 0.05) is 19.5 Å². The molecule has 20 heavy (non-hydrogen) atoms. The van der Waals surface area contributed by atoms with Crippen molar-refractivity contribution in [2.75, 3.05) is 20.7 Å². The van der Waals surface area contributed by atoms with Crippen LogP contribution in [-0.2, 0) is 14.9 Å². The highest BCUT2D eigenvalue weighted by molar-refractivity contribution is 5.77. The fourth-order valence-corrected chi connectivity index (χ4v) is 2.59. The van der Waals surface area contributed by atoms with Crippen LogP contribution in [0, 0.1) is 5.92 Å². The largest absolute Gasteiger partial charge is 0.481 e. The Bertz CT molecular complexity index is 500. The van der Waals surface area contributed by atoms with Crippen molar-refractivity contribution in [1.82, 2.24) is 4.90 Å². The van der Waals surface area contributed by atoms with E-state index in [4.69, 9.17) is 4.74 Å². The molecule has 2 unspecified atom stereocenters. The highest BCUT2D eigenvalue weighted by Gasteiger charge is 2.59. The lowest BCUT2D eigenvalue weighted by Crippen LogP contribution is -2.25. The summed E-state index contributed by atoms with van der Waals surface area (Å²) in [6.07, 6.45) is 0.736. The molecule has 1 fully saturated rings. The van der Waals surface area contributed by atoms with Gasteiger partial charge >= 0.3 is 12.1 Å². The summed E-state index contributed by atoms with van der Waals surface area (Å²) in [6.45, 7) is 0.232. The van der Waals surface area contributed by atoms with E-state index in [1.54, 1.807) is 14.1 Å². The van der Waals surface area contributed by atoms with Crippen LogP contribution < -0.4 is 0 Å². The molecule has 0 saturated heterocycles. The number of carbonyl (C=O) groups excluding carboxylic acids is 1. The molecule has 1 aliphatic rings. The second kappa shape index (κ2) is 5.53. The first kappa shape index (κ1) is 14.4. The first-order valence-corrected chi connectivity index (χ1v) is 6.60. The third-order valence-corrected chi connectivity index (χ3v) is 3.86. The van der Waals surface area contributed by atoms with Crippen molar-refractivity contribution in [2.24, 2.45) is 5.92 Å². The number of carbonyl (C=O) groups is 2. The third kappa shape index (κ3) is 2.76. The predicted octanol–water partition coefficient (Wildman–Crippen LogP) is 2.12. The molecule has 1 amide bonds. The normalized spacial score (nSPS) is 24.0. The minimum Gasteiger partial charge on any atom is -0.481 e. The van der Waals surface area contributed by atoms with E-state index < -0.39 is 12.1 Å². The number of hydrogen-bond acceptors (Lipinski definition) is 3. The molecule has 0 bridgehead atoms. The number of rotatable bonds is 5. The fraction of sp³-hybridized carbons (Fsp3) is 0.467. The number of ether oxygens (including phenoxy) is 1. The summed E-state index contributed by atoms with van der Waals surface area (Å²) in [5.74, 6) is -1.17.